The molecule has 4 unspecified atom stereocenters. The summed E-state index contributed by atoms with van der Waals surface area (Å²) in [6.45, 7) is 0.954. The maximum absolute atomic E-state index is 15.6. The maximum atomic E-state index is 15.6. The minimum Gasteiger partial charge on any atom is -0.388 e. The first-order valence-corrected chi connectivity index (χ1v) is 11.7. The summed E-state index contributed by atoms with van der Waals surface area (Å²) < 4.78 is 35.9. The smallest absolute Gasteiger partial charge is 0.231 e. The van der Waals surface area contributed by atoms with Gasteiger partial charge in [0.2, 0.25) is 5.91 Å². The lowest BCUT2D eigenvalue weighted by Crippen LogP contribution is -2.24. The minimum atomic E-state index is -1.12. The lowest BCUT2D eigenvalue weighted by atomic mass is 9.88. The molecule has 2 aliphatic rings. The Morgan fingerprint density at radius 2 is 2.20 bits per heavy atom. The molecule has 1 saturated heterocycles. The SMILES string of the molecule is O=C(Nc1cn2cc(-c3c(Cl)c(F)c(C(O)C4CCCOC4)c4[nH]ncc34)ncc2n1)C1CC1F. The number of fused-ring (bicyclic) bond motifs is 2. The van der Waals surface area contributed by atoms with Gasteiger partial charge in [-0.05, 0) is 19.3 Å². The van der Waals surface area contributed by atoms with Gasteiger partial charge in [-0.15, -0.1) is 0 Å². The van der Waals surface area contributed by atoms with Gasteiger partial charge in [-0.1, -0.05) is 11.6 Å². The van der Waals surface area contributed by atoms with E-state index in [9.17, 15) is 14.3 Å². The van der Waals surface area contributed by atoms with E-state index in [4.69, 9.17) is 16.3 Å². The van der Waals surface area contributed by atoms with Gasteiger partial charge in [-0.25, -0.2) is 13.8 Å². The first-order chi connectivity index (χ1) is 16.9. The predicted molar refractivity (Wildman–Crippen MR) is 123 cm³/mol. The lowest BCUT2D eigenvalue weighted by molar-refractivity contribution is -0.117. The first-order valence-electron chi connectivity index (χ1n) is 11.3. The molecule has 182 valence electrons. The van der Waals surface area contributed by atoms with Crippen molar-refractivity contribution in [2.24, 2.45) is 11.8 Å². The number of amides is 1. The van der Waals surface area contributed by atoms with Crippen LogP contribution in [0.15, 0.2) is 24.8 Å². The standard InChI is InChI=1S/C23H21ClF2N6O3/c24-19-17(12-5-28-31-21(12)18(20(19)26)22(33)10-2-1-3-35-9-10)14-7-32-8-15(29-16(32)6-27-14)30-23(34)11-4-13(11)25/h5-8,10-11,13,22,33H,1-4,9H2,(H,28,31)(H,30,34). The third-order valence-electron chi connectivity index (χ3n) is 6.66. The van der Waals surface area contributed by atoms with Crippen LogP contribution in [0.2, 0.25) is 5.02 Å². The van der Waals surface area contributed by atoms with Crippen molar-refractivity contribution in [3.8, 4) is 11.3 Å². The number of nitrogens with zero attached hydrogens (tertiary/aromatic N) is 4. The summed E-state index contributed by atoms with van der Waals surface area (Å²) in [7, 11) is 0. The highest BCUT2D eigenvalue weighted by molar-refractivity contribution is 6.35. The Kier molecular flexibility index (Phi) is 5.42. The van der Waals surface area contributed by atoms with Crippen LogP contribution in [-0.2, 0) is 9.53 Å². The van der Waals surface area contributed by atoms with E-state index < -0.39 is 29.9 Å². The van der Waals surface area contributed by atoms with Crippen molar-refractivity contribution < 1.29 is 23.4 Å². The van der Waals surface area contributed by atoms with Gasteiger partial charge in [0.15, 0.2) is 11.5 Å². The molecule has 1 aromatic carbocycles. The fraction of sp³-hybridized carbons (Fsp3) is 0.391. The summed E-state index contributed by atoms with van der Waals surface area (Å²) in [4.78, 5) is 20.7. The van der Waals surface area contributed by atoms with Crippen molar-refractivity contribution >= 4 is 39.9 Å². The summed E-state index contributed by atoms with van der Waals surface area (Å²) in [5.74, 6) is -1.81. The first kappa shape index (κ1) is 22.3. The molecule has 9 nitrogen and oxygen atoms in total. The number of alkyl halides is 1. The zero-order chi connectivity index (χ0) is 24.3. The van der Waals surface area contributed by atoms with Gasteiger partial charge in [0, 0.05) is 35.2 Å². The summed E-state index contributed by atoms with van der Waals surface area (Å²) >= 11 is 6.52. The van der Waals surface area contributed by atoms with Crippen LogP contribution in [0.1, 0.15) is 30.9 Å². The highest BCUT2D eigenvalue weighted by Gasteiger charge is 2.43. The normalized spacial score (nSPS) is 23.0. The molecule has 12 heteroatoms. The van der Waals surface area contributed by atoms with Crippen LogP contribution in [0, 0.1) is 17.7 Å². The number of anilines is 1. The summed E-state index contributed by atoms with van der Waals surface area (Å²) in [6.07, 6.45) is 5.62. The third kappa shape index (κ3) is 3.83. The van der Waals surface area contributed by atoms with Gasteiger partial charge in [-0.2, -0.15) is 5.10 Å². The molecule has 35 heavy (non-hydrogen) atoms. The van der Waals surface area contributed by atoms with E-state index in [1.807, 2.05) is 0 Å². The Bertz CT molecular complexity index is 1450. The number of aliphatic hydroxyl groups is 1. The van der Waals surface area contributed by atoms with Gasteiger partial charge in [-0.3, -0.25) is 14.9 Å². The third-order valence-corrected chi connectivity index (χ3v) is 7.02. The zero-order valence-corrected chi connectivity index (χ0v) is 19.1. The molecule has 3 N–H and O–H groups in total. The van der Waals surface area contributed by atoms with Crippen LogP contribution >= 0.6 is 11.6 Å². The number of aromatic nitrogens is 5. The van der Waals surface area contributed by atoms with Crippen LogP contribution in [0.5, 0.6) is 0 Å². The highest BCUT2D eigenvalue weighted by atomic mass is 35.5. The van der Waals surface area contributed by atoms with E-state index in [1.165, 1.54) is 12.4 Å². The summed E-state index contributed by atoms with van der Waals surface area (Å²) in [5.41, 5.74) is 1.48. The molecule has 3 aromatic heterocycles. The monoisotopic (exact) mass is 502 g/mol. The highest BCUT2D eigenvalue weighted by Crippen LogP contribution is 2.43. The average Bonchev–Trinajstić information content (AvgIpc) is 3.22. The van der Waals surface area contributed by atoms with Crippen molar-refractivity contribution in [2.45, 2.75) is 31.5 Å². The summed E-state index contributed by atoms with van der Waals surface area (Å²) in [5, 5.41) is 20.8. The van der Waals surface area contributed by atoms with Crippen LogP contribution in [0.4, 0.5) is 14.6 Å². The van der Waals surface area contributed by atoms with E-state index in [0.717, 1.165) is 6.42 Å². The number of hydrogen-bond donors (Lipinski definition) is 3. The second-order valence-electron chi connectivity index (χ2n) is 9.01. The number of rotatable bonds is 5. The number of benzene rings is 1. The topological polar surface area (TPSA) is 117 Å². The Labute approximate surface area is 202 Å². The van der Waals surface area contributed by atoms with Crippen molar-refractivity contribution in [1.82, 2.24) is 24.6 Å². The molecule has 0 spiro atoms. The molecule has 1 aliphatic heterocycles. The quantitative estimate of drug-likeness (QED) is 0.382. The molecule has 1 aliphatic carbocycles. The molecular weight excluding hydrogens is 482 g/mol. The minimum absolute atomic E-state index is 0.0571. The molecule has 4 atom stereocenters. The number of H-pyrrole nitrogens is 1. The Hall–Kier alpha value is -3.15. The number of imidazole rings is 1. The summed E-state index contributed by atoms with van der Waals surface area (Å²) in [6, 6.07) is 0. The van der Waals surface area contributed by atoms with E-state index in [0.29, 0.717) is 47.4 Å². The van der Waals surface area contributed by atoms with Crippen LogP contribution in [0.3, 0.4) is 0 Å². The molecule has 2 fully saturated rings. The van der Waals surface area contributed by atoms with Gasteiger partial charge < -0.3 is 19.6 Å². The molecular formula is C23H21ClF2N6O3. The molecule has 1 amide bonds. The largest absolute Gasteiger partial charge is 0.388 e. The zero-order valence-electron chi connectivity index (χ0n) is 18.3. The molecule has 4 heterocycles. The number of nitrogens with one attached hydrogen (secondary N) is 2. The second kappa shape index (κ2) is 8.51. The van der Waals surface area contributed by atoms with E-state index in [2.05, 4.69) is 25.5 Å². The predicted octanol–water partition coefficient (Wildman–Crippen LogP) is 3.82. The fourth-order valence-corrected chi connectivity index (χ4v) is 4.96. The van der Waals surface area contributed by atoms with Crippen LogP contribution in [0.25, 0.3) is 27.8 Å². The average molecular weight is 503 g/mol. The van der Waals surface area contributed by atoms with E-state index in [-0.39, 0.29) is 28.7 Å². The van der Waals surface area contributed by atoms with Crippen molar-refractivity contribution in [3.05, 3.63) is 41.2 Å². The number of aliphatic hydroxyl groups excluding tert-OH is 1. The number of carbonyl (C=O) groups excluding carboxylic acids is 1. The van der Waals surface area contributed by atoms with Crippen molar-refractivity contribution in [2.75, 3.05) is 18.5 Å². The number of hydrogen-bond acceptors (Lipinski definition) is 6. The molecule has 6 rings (SSSR count). The number of ether oxygens (including phenoxy) is 1. The fourth-order valence-electron chi connectivity index (χ4n) is 4.66. The van der Waals surface area contributed by atoms with Crippen LogP contribution < -0.4 is 5.32 Å². The van der Waals surface area contributed by atoms with E-state index >= 15 is 4.39 Å². The number of carbonyl (C=O) groups is 1. The van der Waals surface area contributed by atoms with Gasteiger partial charge in [0.25, 0.3) is 0 Å². The van der Waals surface area contributed by atoms with Gasteiger partial charge in [0.05, 0.1) is 53.5 Å². The molecule has 4 aromatic rings. The molecule has 0 radical (unpaired) electrons. The van der Waals surface area contributed by atoms with E-state index in [1.54, 1.807) is 16.8 Å². The molecule has 1 saturated carbocycles. The van der Waals surface area contributed by atoms with Gasteiger partial charge >= 0.3 is 0 Å². The Morgan fingerprint density at radius 1 is 1.37 bits per heavy atom. The Balaban J connectivity index is 1.39. The lowest BCUT2D eigenvalue weighted by Gasteiger charge is -2.28. The second-order valence-corrected chi connectivity index (χ2v) is 9.39. The Morgan fingerprint density at radius 3 is 2.94 bits per heavy atom. The number of aromatic amines is 1. The molecule has 0 bridgehead atoms. The van der Waals surface area contributed by atoms with Gasteiger partial charge in [0.1, 0.15) is 12.0 Å². The van der Waals surface area contributed by atoms with Crippen molar-refractivity contribution in [3.63, 3.8) is 0 Å². The van der Waals surface area contributed by atoms with Crippen molar-refractivity contribution in [1.29, 1.82) is 0 Å². The van der Waals surface area contributed by atoms with Crippen LogP contribution in [-0.4, -0.2) is 55.0 Å². The number of halogens is 3. The maximum Gasteiger partial charge on any atom is 0.231 e.